The van der Waals surface area contributed by atoms with Crippen LogP contribution in [0.25, 0.3) is 0 Å². The van der Waals surface area contributed by atoms with Gasteiger partial charge in [-0.1, -0.05) is 42.5 Å². The molecule has 0 fully saturated rings. The highest BCUT2D eigenvalue weighted by molar-refractivity contribution is 5.74. The quantitative estimate of drug-likeness (QED) is 0.608. The van der Waals surface area contributed by atoms with Crippen LogP contribution in [-0.4, -0.2) is 6.21 Å². The lowest BCUT2D eigenvalue weighted by Gasteiger charge is -1.97. The maximum absolute atomic E-state index is 4.30. The molecule has 2 aromatic rings. The van der Waals surface area contributed by atoms with Crippen molar-refractivity contribution in [2.75, 3.05) is 5.32 Å². The molecule has 1 N–H and O–H groups in total. The topological polar surface area (TPSA) is 24.4 Å². The van der Waals surface area contributed by atoms with Crippen molar-refractivity contribution in [2.45, 2.75) is 0 Å². The largest absolute Gasteiger partial charge is 0.362 e. The monoisotopic (exact) mass is 248 g/mol. The summed E-state index contributed by atoms with van der Waals surface area (Å²) in [5, 5.41) is 3.18. The van der Waals surface area contributed by atoms with E-state index in [2.05, 4.69) is 10.3 Å². The Kier molecular flexibility index (Phi) is 5.18. The Hall–Kier alpha value is -2.61. The SMILES string of the molecule is C(=C/C=C/Nc1ccccc1)C=Nc1ccccc1. The summed E-state index contributed by atoms with van der Waals surface area (Å²) in [6, 6.07) is 19.9. The van der Waals surface area contributed by atoms with Gasteiger partial charge in [-0.15, -0.1) is 0 Å². The fourth-order valence-corrected chi connectivity index (χ4v) is 1.49. The van der Waals surface area contributed by atoms with Gasteiger partial charge in [0.1, 0.15) is 0 Å². The third-order valence-electron chi connectivity index (χ3n) is 2.41. The van der Waals surface area contributed by atoms with E-state index >= 15 is 0 Å². The van der Waals surface area contributed by atoms with Crippen LogP contribution in [0.2, 0.25) is 0 Å². The van der Waals surface area contributed by atoms with Gasteiger partial charge in [0.25, 0.3) is 0 Å². The molecule has 0 saturated heterocycles. The summed E-state index contributed by atoms with van der Waals surface area (Å²) < 4.78 is 0. The Morgan fingerprint density at radius 2 is 1.42 bits per heavy atom. The number of aliphatic imine (C=N–C) groups is 1. The van der Waals surface area contributed by atoms with Crippen molar-refractivity contribution in [1.82, 2.24) is 0 Å². The molecule has 0 aliphatic carbocycles. The van der Waals surface area contributed by atoms with Gasteiger partial charge in [-0.05, 0) is 36.4 Å². The molecular formula is C17H16N2. The molecule has 19 heavy (non-hydrogen) atoms. The van der Waals surface area contributed by atoms with Crippen molar-refractivity contribution >= 4 is 17.6 Å². The van der Waals surface area contributed by atoms with E-state index in [1.165, 1.54) is 0 Å². The highest BCUT2D eigenvalue weighted by Crippen LogP contribution is 2.08. The third-order valence-corrected chi connectivity index (χ3v) is 2.41. The van der Waals surface area contributed by atoms with E-state index in [9.17, 15) is 0 Å². The number of nitrogens with zero attached hydrogens (tertiary/aromatic N) is 1. The molecule has 0 aromatic heterocycles. The Balaban J connectivity index is 1.76. The highest BCUT2D eigenvalue weighted by atomic mass is 14.8. The predicted octanol–water partition coefficient (Wildman–Crippen LogP) is 4.57. The Morgan fingerprint density at radius 3 is 2.16 bits per heavy atom. The molecule has 2 heteroatoms. The van der Waals surface area contributed by atoms with E-state index in [1.807, 2.05) is 85.1 Å². The van der Waals surface area contributed by atoms with Gasteiger partial charge in [0.15, 0.2) is 0 Å². The first-order chi connectivity index (χ1) is 9.45. The first-order valence-corrected chi connectivity index (χ1v) is 6.18. The summed E-state index contributed by atoms with van der Waals surface area (Å²) in [5.41, 5.74) is 2.03. The number of nitrogens with one attached hydrogen (secondary N) is 1. The van der Waals surface area contributed by atoms with Crippen LogP contribution >= 0.6 is 0 Å². The second-order valence-corrected chi connectivity index (χ2v) is 3.87. The fraction of sp³-hybridized carbons (Fsp3) is 0. The zero-order valence-corrected chi connectivity index (χ0v) is 10.6. The maximum Gasteiger partial charge on any atom is 0.0629 e. The minimum atomic E-state index is 0.957. The number of para-hydroxylation sites is 2. The second kappa shape index (κ2) is 7.67. The van der Waals surface area contributed by atoms with E-state index in [-0.39, 0.29) is 0 Å². The fourth-order valence-electron chi connectivity index (χ4n) is 1.49. The molecule has 0 radical (unpaired) electrons. The summed E-state index contributed by atoms with van der Waals surface area (Å²) in [7, 11) is 0. The number of anilines is 1. The van der Waals surface area contributed by atoms with Crippen LogP contribution < -0.4 is 5.32 Å². The smallest absolute Gasteiger partial charge is 0.0629 e. The number of allylic oxidation sites excluding steroid dienone is 3. The highest BCUT2D eigenvalue weighted by Gasteiger charge is 1.82. The first-order valence-electron chi connectivity index (χ1n) is 6.18. The van der Waals surface area contributed by atoms with Gasteiger partial charge in [-0.3, -0.25) is 4.99 Å². The lowest BCUT2D eigenvalue weighted by molar-refractivity contribution is 1.54. The summed E-state index contributed by atoms with van der Waals surface area (Å²) in [4.78, 5) is 4.30. The van der Waals surface area contributed by atoms with Gasteiger partial charge in [0.05, 0.1) is 5.69 Å². The Morgan fingerprint density at radius 1 is 0.737 bits per heavy atom. The maximum atomic E-state index is 4.30. The van der Waals surface area contributed by atoms with E-state index < -0.39 is 0 Å². The minimum absolute atomic E-state index is 0.957. The number of hydrogen-bond donors (Lipinski definition) is 1. The van der Waals surface area contributed by atoms with Crippen LogP contribution in [0.3, 0.4) is 0 Å². The zero-order valence-electron chi connectivity index (χ0n) is 10.6. The van der Waals surface area contributed by atoms with Gasteiger partial charge < -0.3 is 5.32 Å². The van der Waals surface area contributed by atoms with E-state index in [1.54, 1.807) is 6.21 Å². The van der Waals surface area contributed by atoms with Gasteiger partial charge in [0.2, 0.25) is 0 Å². The molecule has 0 amide bonds. The van der Waals surface area contributed by atoms with Gasteiger partial charge in [0, 0.05) is 18.1 Å². The van der Waals surface area contributed by atoms with Gasteiger partial charge in [-0.2, -0.15) is 0 Å². The molecule has 0 bridgehead atoms. The predicted molar refractivity (Wildman–Crippen MR) is 82.9 cm³/mol. The van der Waals surface area contributed by atoms with Crippen molar-refractivity contribution in [3.8, 4) is 0 Å². The molecule has 2 aromatic carbocycles. The Bertz CT molecular complexity index is 554. The molecular weight excluding hydrogens is 232 g/mol. The van der Waals surface area contributed by atoms with Crippen molar-refractivity contribution in [3.63, 3.8) is 0 Å². The lowest BCUT2D eigenvalue weighted by atomic mass is 10.3. The molecule has 0 spiro atoms. The van der Waals surface area contributed by atoms with Crippen LogP contribution in [0.15, 0.2) is 90.1 Å². The van der Waals surface area contributed by atoms with Crippen LogP contribution in [-0.2, 0) is 0 Å². The summed E-state index contributed by atoms with van der Waals surface area (Å²) in [5.74, 6) is 0. The molecule has 0 heterocycles. The molecule has 2 rings (SSSR count). The van der Waals surface area contributed by atoms with Crippen molar-refractivity contribution in [1.29, 1.82) is 0 Å². The molecule has 0 saturated carbocycles. The summed E-state index contributed by atoms with van der Waals surface area (Å²) in [6.45, 7) is 0. The van der Waals surface area contributed by atoms with Crippen molar-refractivity contribution < 1.29 is 0 Å². The number of hydrogen-bond acceptors (Lipinski definition) is 2. The molecule has 0 aliphatic heterocycles. The third kappa shape index (κ3) is 5.04. The lowest BCUT2D eigenvalue weighted by Crippen LogP contribution is -1.84. The van der Waals surface area contributed by atoms with E-state index in [0.29, 0.717) is 0 Å². The summed E-state index contributed by atoms with van der Waals surface area (Å²) >= 11 is 0. The van der Waals surface area contributed by atoms with Crippen molar-refractivity contribution in [2.24, 2.45) is 4.99 Å². The van der Waals surface area contributed by atoms with Gasteiger partial charge in [-0.25, -0.2) is 0 Å². The average molecular weight is 248 g/mol. The van der Waals surface area contributed by atoms with Crippen LogP contribution in [0.4, 0.5) is 11.4 Å². The number of rotatable bonds is 5. The van der Waals surface area contributed by atoms with E-state index in [0.717, 1.165) is 11.4 Å². The standard InChI is InChI=1S/C17H16N2/c1-4-10-16(11-5-1)18-14-8-3-9-15-19-17-12-6-2-7-13-17/h1-15,18H/b9-3?,14-8+,19-15?. The summed E-state index contributed by atoms with van der Waals surface area (Å²) in [6.07, 6.45) is 9.44. The zero-order chi connectivity index (χ0) is 13.2. The number of benzene rings is 2. The normalized spacial score (nSPS) is 11.6. The molecule has 0 unspecified atom stereocenters. The molecule has 94 valence electrons. The van der Waals surface area contributed by atoms with Crippen LogP contribution in [0, 0.1) is 0 Å². The van der Waals surface area contributed by atoms with Crippen LogP contribution in [0.1, 0.15) is 0 Å². The van der Waals surface area contributed by atoms with Crippen LogP contribution in [0.5, 0.6) is 0 Å². The molecule has 0 aliphatic rings. The van der Waals surface area contributed by atoms with E-state index in [4.69, 9.17) is 0 Å². The molecule has 2 nitrogen and oxygen atoms in total. The Labute approximate surface area is 113 Å². The minimum Gasteiger partial charge on any atom is -0.362 e. The first kappa shape index (κ1) is 12.8. The average Bonchev–Trinajstić information content (AvgIpc) is 2.48. The van der Waals surface area contributed by atoms with Crippen molar-refractivity contribution in [3.05, 3.63) is 85.1 Å². The second-order valence-electron chi connectivity index (χ2n) is 3.87. The van der Waals surface area contributed by atoms with Gasteiger partial charge >= 0.3 is 0 Å². The molecule has 0 atom stereocenters.